The van der Waals surface area contributed by atoms with Gasteiger partial charge in [0, 0.05) is 0 Å². The number of phenols is 1. The van der Waals surface area contributed by atoms with E-state index in [4.69, 9.17) is 9.47 Å². The van der Waals surface area contributed by atoms with Crippen molar-refractivity contribution in [1.82, 2.24) is 0 Å². The van der Waals surface area contributed by atoms with Gasteiger partial charge in [-0.15, -0.1) is 5.75 Å². The normalized spacial score (nSPS) is 11.2. The van der Waals surface area contributed by atoms with Crippen molar-refractivity contribution < 1.29 is 45.6 Å². The Bertz CT molecular complexity index is 1740. The van der Waals surface area contributed by atoms with Gasteiger partial charge in [-0.1, -0.05) is 101 Å². The fraction of sp³-hybridized carbons (Fsp3) is 0.368. The Balaban J connectivity index is 0.000000347. The first kappa shape index (κ1) is 44.3. The molecule has 0 aromatic heterocycles. The maximum Gasteiger partial charge on any atom is 2.00 e. The first-order valence-electron chi connectivity index (χ1n) is 16.9. The smallest absolute Gasteiger partial charge is 0.872 e. The Morgan fingerprint density at radius 3 is 1.59 bits per heavy atom. The molecule has 13 heteroatoms. The first-order valence-corrected chi connectivity index (χ1v) is 19.8. The minimum absolute atomic E-state index is 0. The van der Waals surface area contributed by atoms with E-state index in [-0.39, 0.29) is 65.6 Å². The molecule has 10 nitrogen and oxygen atoms in total. The van der Waals surface area contributed by atoms with Gasteiger partial charge >= 0.3 is 37.7 Å². The Morgan fingerprint density at radius 1 is 0.608 bits per heavy atom. The summed E-state index contributed by atoms with van der Waals surface area (Å²) in [6, 6.07) is 20.9. The van der Waals surface area contributed by atoms with Crippen LogP contribution in [0.2, 0.25) is 0 Å². The Hall–Kier alpha value is -2.84. The number of hydrogen-bond donors (Lipinski definition) is 2. The molecular formula is C38H46CaO10S2. The quantitative estimate of drug-likeness (QED) is 0.0568. The summed E-state index contributed by atoms with van der Waals surface area (Å²) in [5.74, 6) is 0.907. The topological polar surface area (TPSA) is 173 Å². The van der Waals surface area contributed by atoms with Gasteiger partial charge in [0.05, 0.1) is 4.90 Å². The molecule has 0 unspecified atom stereocenters. The molecule has 51 heavy (non-hydrogen) atoms. The third-order valence-corrected chi connectivity index (χ3v) is 9.65. The summed E-state index contributed by atoms with van der Waals surface area (Å²) in [7, 11) is -9.00. The van der Waals surface area contributed by atoms with E-state index < -0.39 is 25.1 Å². The fourth-order valence-corrected chi connectivity index (χ4v) is 6.44. The molecule has 0 atom stereocenters. The molecule has 0 amide bonds. The summed E-state index contributed by atoms with van der Waals surface area (Å²) in [5.41, 5.74) is 1.40. The molecule has 0 aliphatic carbocycles. The van der Waals surface area contributed by atoms with Gasteiger partial charge in [0.25, 0.3) is 10.1 Å². The van der Waals surface area contributed by atoms with Crippen molar-refractivity contribution in [2.45, 2.75) is 101 Å². The first-order chi connectivity index (χ1) is 23.8. The zero-order valence-corrected chi connectivity index (χ0v) is 33.1. The standard InChI is InChI=1S/2C19H24O5S.Ca/c2*1-2-3-4-5-6-9-15-14-16(12-13-17(15)20)24-18-10-7-8-11-19(18)25(21,22)23;/h2*7-8,10-14,20H,2-6,9H2,1H3,(H,21,22,23);/q;;+2/p-2. The predicted molar refractivity (Wildman–Crippen MR) is 195 cm³/mol. The van der Waals surface area contributed by atoms with Crippen molar-refractivity contribution in [3.63, 3.8) is 0 Å². The molecule has 0 spiro atoms. The zero-order valence-electron chi connectivity index (χ0n) is 29.3. The molecule has 4 rings (SSSR count). The molecule has 0 saturated carbocycles. The number of ether oxygens (including phenoxy) is 2. The molecular weight excluding hydrogens is 721 g/mol. The number of hydrogen-bond acceptors (Lipinski definition) is 9. The summed E-state index contributed by atoms with van der Waals surface area (Å²) < 4.78 is 77.2. The van der Waals surface area contributed by atoms with Gasteiger partial charge in [-0.3, -0.25) is 4.55 Å². The van der Waals surface area contributed by atoms with Crippen LogP contribution in [0.4, 0.5) is 0 Å². The summed E-state index contributed by atoms with van der Waals surface area (Å²) in [5, 5.41) is 22.0. The zero-order chi connectivity index (χ0) is 36.6. The SMILES string of the molecule is CCCCCCCc1cc(Oc2ccccc2S(=O)(=O)O)ccc1O.CCCCCCCc1cc(Oc2ccccc2S(=O)(=O)[O-])ccc1[O-].[Ca+2]. The largest absolute Gasteiger partial charge is 2.00 e. The van der Waals surface area contributed by atoms with Crippen molar-refractivity contribution in [2.75, 3.05) is 0 Å². The van der Waals surface area contributed by atoms with Crippen LogP contribution >= 0.6 is 0 Å². The van der Waals surface area contributed by atoms with E-state index in [2.05, 4.69) is 13.8 Å². The molecule has 0 heterocycles. The molecule has 0 aliphatic heterocycles. The molecule has 2 N–H and O–H groups in total. The second kappa shape index (κ2) is 22.3. The molecule has 0 bridgehead atoms. The number of benzene rings is 4. The molecule has 0 aliphatic rings. The monoisotopic (exact) mass is 766 g/mol. The van der Waals surface area contributed by atoms with Gasteiger partial charge in [-0.2, -0.15) is 8.42 Å². The van der Waals surface area contributed by atoms with Crippen molar-refractivity contribution in [3.8, 4) is 34.5 Å². The summed E-state index contributed by atoms with van der Waals surface area (Å²) >= 11 is 0. The van der Waals surface area contributed by atoms with Crippen LogP contribution in [0, 0.1) is 0 Å². The van der Waals surface area contributed by atoms with Crippen LogP contribution < -0.4 is 14.6 Å². The molecule has 0 fully saturated rings. The van der Waals surface area contributed by atoms with E-state index >= 15 is 0 Å². The van der Waals surface area contributed by atoms with Gasteiger partial charge in [-0.25, -0.2) is 8.42 Å². The molecule has 0 radical (unpaired) electrons. The van der Waals surface area contributed by atoms with Gasteiger partial charge in [0.15, 0.2) is 0 Å². The van der Waals surface area contributed by atoms with Crippen LogP contribution in [0.5, 0.6) is 34.5 Å². The van der Waals surface area contributed by atoms with E-state index in [9.17, 15) is 36.2 Å². The van der Waals surface area contributed by atoms with Crippen molar-refractivity contribution in [3.05, 3.63) is 96.1 Å². The molecule has 4 aromatic rings. The van der Waals surface area contributed by atoms with Crippen LogP contribution in [0.3, 0.4) is 0 Å². The van der Waals surface area contributed by atoms with Crippen LogP contribution in [-0.2, 0) is 33.1 Å². The number of aromatic hydroxyl groups is 1. The predicted octanol–water partition coefficient (Wildman–Crippen LogP) is 8.53. The average molecular weight is 767 g/mol. The van der Waals surface area contributed by atoms with Crippen LogP contribution in [0.15, 0.2) is 94.7 Å². The second-order valence-electron chi connectivity index (χ2n) is 11.9. The van der Waals surface area contributed by atoms with Crippen molar-refractivity contribution in [1.29, 1.82) is 0 Å². The van der Waals surface area contributed by atoms with Gasteiger partial charge in [-0.05, 0) is 85.8 Å². The molecule has 272 valence electrons. The van der Waals surface area contributed by atoms with Crippen LogP contribution in [0.1, 0.15) is 89.2 Å². The summed E-state index contributed by atoms with van der Waals surface area (Å²) in [6.45, 7) is 4.31. The van der Waals surface area contributed by atoms with Crippen molar-refractivity contribution in [2.24, 2.45) is 0 Å². The average Bonchev–Trinajstić information content (AvgIpc) is 3.07. The third-order valence-electron chi connectivity index (χ3n) is 7.88. The number of para-hydroxylation sites is 2. The second-order valence-corrected chi connectivity index (χ2v) is 14.7. The summed E-state index contributed by atoms with van der Waals surface area (Å²) in [4.78, 5) is -0.702. The molecule has 4 aromatic carbocycles. The van der Waals surface area contributed by atoms with Crippen LogP contribution in [0.25, 0.3) is 0 Å². The Kier molecular flexibility index (Phi) is 19.4. The van der Waals surface area contributed by atoms with Gasteiger partial charge in [0.2, 0.25) is 0 Å². The van der Waals surface area contributed by atoms with Gasteiger partial charge < -0.3 is 24.2 Å². The Labute approximate surface area is 332 Å². The maximum atomic E-state index is 12.0. The van der Waals surface area contributed by atoms with Gasteiger partial charge in [0.1, 0.15) is 43.8 Å². The van der Waals surface area contributed by atoms with E-state index in [1.54, 1.807) is 30.3 Å². The molecule has 0 saturated heterocycles. The number of rotatable bonds is 18. The minimum atomic E-state index is -4.63. The number of unbranched alkanes of at least 4 members (excludes halogenated alkanes) is 8. The van der Waals surface area contributed by atoms with E-state index in [0.717, 1.165) is 50.5 Å². The van der Waals surface area contributed by atoms with E-state index in [1.165, 1.54) is 80.3 Å². The van der Waals surface area contributed by atoms with E-state index in [0.29, 0.717) is 23.5 Å². The van der Waals surface area contributed by atoms with Crippen molar-refractivity contribution >= 4 is 58.0 Å². The Morgan fingerprint density at radius 2 is 1.06 bits per heavy atom. The maximum absolute atomic E-state index is 12.0. The summed E-state index contributed by atoms with van der Waals surface area (Å²) in [6.07, 6.45) is 12.5. The van der Waals surface area contributed by atoms with E-state index in [1.807, 2.05) is 0 Å². The minimum Gasteiger partial charge on any atom is -0.872 e. The third kappa shape index (κ3) is 15.3. The fourth-order valence-electron chi connectivity index (χ4n) is 5.22. The number of aryl methyl sites for hydroxylation is 2. The van der Waals surface area contributed by atoms with Crippen LogP contribution in [-0.4, -0.2) is 68.8 Å². The number of phenolic OH excluding ortho intramolecular Hbond substituents is 1.